The Bertz CT molecular complexity index is 606. The molecule has 1 amide bonds. The zero-order valence-electron chi connectivity index (χ0n) is 11.4. The molecule has 2 atom stereocenters. The molecule has 0 bridgehead atoms. The molecular formula is C14H14N2O4. The van der Waals surface area contributed by atoms with Crippen molar-refractivity contribution in [3.8, 4) is 11.8 Å². The van der Waals surface area contributed by atoms with Gasteiger partial charge in [-0.05, 0) is 13.0 Å². The van der Waals surface area contributed by atoms with Gasteiger partial charge in [0.1, 0.15) is 17.8 Å². The summed E-state index contributed by atoms with van der Waals surface area (Å²) in [5.74, 6) is -0.570. The van der Waals surface area contributed by atoms with E-state index in [1.807, 2.05) is 0 Å². The molecule has 2 unspecified atom stereocenters. The number of methoxy groups -OCH3 is 2. The van der Waals surface area contributed by atoms with Crippen molar-refractivity contribution in [1.29, 1.82) is 5.26 Å². The molecular weight excluding hydrogens is 260 g/mol. The van der Waals surface area contributed by atoms with Crippen LogP contribution < -0.4 is 4.74 Å². The molecule has 104 valence electrons. The number of ether oxygens (including phenoxy) is 2. The van der Waals surface area contributed by atoms with Crippen molar-refractivity contribution in [3.05, 3.63) is 29.3 Å². The van der Waals surface area contributed by atoms with E-state index >= 15 is 0 Å². The number of nitrogens with zero attached hydrogens (tertiary/aromatic N) is 2. The van der Waals surface area contributed by atoms with E-state index < -0.39 is 24.0 Å². The molecule has 1 aliphatic rings. The molecule has 1 aromatic rings. The predicted molar refractivity (Wildman–Crippen MR) is 69.0 cm³/mol. The highest BCUT2D eigenvalue weighted by atomic mass is 16.5. The second kappa shape index (κ2) is 5.21. The molecule has 0 fully saturated rings. The Kier molecular flexibility index (Phi) is 3.61. The average Bonchev–Trinajstić information content (AvgIpc) is 2.78. The van der Waals surface area contributed by atoms with Gasteiger partial charge >= 0.3 is 5.97 Å². The molecule has 0 radical (unpaired) electrons. The molecule has 0 saturated carbocycles. The van der Waals surface area contributed by atoms with E-state index in [4.69, 9.17) is 4.74 Å². The van der Waals surface area contributed by atoms with Crippen LogP contribution >= 0.6 is 0 Å². The maximum absolute atomic E-state index is 12.5. The van der Waals surface area contributed by atoms with Crippen molar-refractivity contribution in [1.82, 2.24) is 4.90 Å². The number of esters is 1. The van der Waals surface area contributed by atoms with Gasteiger partial charge < -0.3 is 14.4 Å². The zero-order chi connectivity index (χ0) is 14.9. The lowest BCUT2D eigenvalue weighted by Gasteiger charge is -2.25. The second-order valence-corrected chi connectivity index (χ2v) is 4.37. The monoisotopic (exact) mass is 274 g/mol. The smallest absolute Gasteiger partial charge is 0.328 e. The Morgan fingerprint density at radius 1 is 1.45 bits per heavy atom. The standard InChI is InChI=1S/C14H14N2O4/c1-8(14(18)20-3)16-10(7-15)9-5-4-6-11(19-2)12(9)13(16)17/h4-6,8,10H,1-3H3. The van der Waals surface area contributed by atoms with Crippen LogP contribution in [0.3, 0.4) is 0 Å². The maximum Gasteiger partial charge on any atom is 0.328 e. The Labute approximate surface area is 116 Å². The fourth-order valence-electron chi connectivity index (χ4n) is 2.39. The van der Waals surface area contributed by atoms with Gasteiger partial charge in [0, 0.05) is 5.56 Å². The number of amides is 1. The molecule has 20 heavy (non-hydrogen) atoms. The van der Waals surface area contributed by atoms with Crippen molar-refractivity contribution in [2.24, 2.45) is 0 Å². The summed E-state index contributed by atoms with van der Waals surface area (Å²) in [6.45, 7) is 1.53. The van der Waals surface area contributed by atoms with E-state index in [1.165, 1.54) is 26.0 Å². The van der Waals surface area contributed by atoms with Crippen LogP contribution in [0.5, 0.6) is 5.75 Å². The molecule has 0 saturated heterocycles. The summed E-state index contributed by atoms with van der Waals surface area (Å²) in [5, 5.41) is 9.33. The van der Waals surface area contributed by atoms with Gasteiger partial charge in [0.15, 0.2) is 0 Å². The lowest BCUT2D eigenvalue weighted by molar-refractivity contribution is -0.145. The lowest BCUT2D eigenvalue weighted by atomic mass is 10.0. The average molecular weight is 274 g/mol. The lowest BCUT2D eigenvalue weighted by Crippen LogP contribution is -2.41. The predicted octanol–water partition coefficient (Wildman–Crippen LogP) is 1.28. The summed E-state index contributed by atoms with van der Waals surface area (Å²) >= 11 is 0. The quantitative estimate of drug-likeness (QED) is 0.776. The van der Waals surface area contributed by atoms with Gasteiger partial charge in [-0.25, -0.2) is 4.79 Å². The zero-order valence-corrected chi connectivity index (χ0v) is 11.4. The van der Waals surface area contributed by atoms with Crippen molar-refractivity contribution in [3.63, 3.8) is 0 Å². The highest BCUT2D eigenvalue weighted by Crippen LogP contribution is 2.39. The van der Waals surface area contributed by atoms with Gasteiger partial charge in [0.25, 0.3) is 5.91 Å². The molecule has 0 N–H and O–H groups in total. The largest absolute Gasteiger partial charge is 0.496 e. The fourth-order valence-corrected chi connectivity index (χ4v) is 2.39. The number of benzene rings is 1. The van der Waals surface area contributed by atoms with Crippen molar-refractivity contribution < 1.29 is 19.1 Å². The van der Waals surface area contributed by atoms with Gasteiger partial charge in [-0.1, -0.05) is 12.1 Å². The number of carbonyl (C=O) groups excluding carboxylic acids is 2. The van der Waals surface area contributed by atoms with E-state index in [9.17, 15) is 14.9 Å². The van der Waals surface area contributed by atoms with E-state index in [0.29, 0.717) is 16.9 Å². The molecule has 2 rings (SSSR count). The molecule has 6 nitrogen and oxygen atoms in total. The molecule has 0 aromatic heterocycles. The molecule has 1 aromatic carbocycles. The van der Waals surface area contributed by atoms with Crippen LogP contribution in [-0.2, 0) is 9.53 Å². The number of nitriles is 1. The molecule has 0 spiro atoms. The summed E-state index contributed by atoms with van der Waals surface area (Å²) < 4.78 is 9.81. The molecule has 6 heteroatoms. The third kappa shape index (κ3) is 1.88. The van der Waals surface area contributed by atoms with E-state index in [-0.39, 0.29) is 0 Å². The summed E-state index contributed by atoms with van der Waals surface area (Å²) in [6.07, 6.45) is 0. The Hall–Kier alpha value is -2.55. The van der Waals surface area contributed by atoms with Gasteiger partial charge in [0.2, 0.25) is 0 Å². The van der Waals surface area contributed by atoms with Gasteiger partial charge in [-0.15, -0.1) is 0 Å². The third-order valence-corrected chi connectivity index (χ3v) is 3.38. The first kappa shape index (κ1) is 13.9. The van der Waals surface area contributed by atoms with Crippen LogP contribution in [0.1, 0.15) is 28.9 Å². The summed E-state index contributed by atoms with van der Waals surface area (Å²) in [5.41, 5.74) is 0.880. The van der Waals surface area contributed by atoms with Gasteiger partial charge in [0.05, 0.1) is 25.9 Å². The maximum atomic E-state index is 12.5. The minimum atomic E-state index is -0.839. The van der Waals surface area contributed by atoms with Gasteiger partial charge in [-0.2, -0.15) is 5.26 Å². The highest BCUT2D eigenvalue weighted by molar-refractivity contribution is 6.04. The molecule has 1 heterocycles. The van der Waals surface area contributed by atoms with Crippen LogP contribution in [0.4, 0.5) is 0 Å². The summed E-state index contributed by atoms with van der Waals surface area (Å²) in [6, 6.07) is 5.45. The minimum Gasteiger partial charge on any atom is -0.496 e. The highest BCUT2D eigenvalue weighted by Gasteiger charge is 2.43. The SMILES string of the molecule is COC(=O)C(C)N1C(=O)c2c(OC)cccc2C1C#N. The van der Waals surface area contributed by atoms with Crippen molar-refractivity contribution in [2.75, 3.05) is 14.2 Å². The van der Waals surface area contributed by atoms with Crippen molar-refractivity contribution in [2.45, 2.75) is 19.0 Å². The molecule has 1 aliphatic heterocycles. The number of hydrogen-bond donors (Lipinski definition) is 0. The number of fused-ring (bicyclic) bond motifs is 1. The fraction of sp³-hybridized carbons (Fsp3) is 0.357. The third-order valence-electron chi connectivity index (χ3n) is 3.38. The van der Waals surface area contributed by atoms with Crippen molar-refractivity contribution >= 4 is 11.9 Å². The van der Waals surface area contributed by atoms with E-state index in [1.54, 1.807) is 18.2 Å². The van der Waals surface area contributed by atoms with Crippen LogP contribution in [-0.4, -0.2) is 37.0 Å². The first-order valence-corrected chi connectivity index (χ1v) is 6.03. The van der Waals surface area contributed by atoms with Crippen LogP contribution in [0.25, 0.3) is 0 Å². The van der Waals surface area contributed by atoms with Crippen LogP contribution in [0.15, 0.2) is 18.2 Å². The number of rotatable bonds is 3. The second-order valence-electron chi connectivity index (χ2n) is 4.37. The minimum absolute atomic E-state index is 0.331. The van der Waals surface area contributed by atoms with Crippen LogP contribution in [0, 0.1) is 11.3 Å². The number of hydrogen-bond acceptors (Lipinski definition) is 5. The number of carbonyl (C=O) groups is 2. The Morgan fingerprint density at radius 2 is 2.15 bits per heavy atom. The van der Waals surface area contributed by atoms with E-state index in [2.05, 4.69) is 10.8 Å². The topological polar surface area (TPSA) is 79.6 Å². The first-order chi connectivity index (χ1) is 9.56. The molecule has 0 aliphatic carbocycles. The Morgan fingerprint density at radius 3 is 2.70 bits per heavy atom. The van der Waals surface area contributed by atoms with Crippen LogP contribution in [0.2, 0.25) is 0 Å². The Balaban J connectivity index is 2.53. The summed E-state index contributed by atoms with van der Waals surface area (Å²) in [7, 11) is 2.70. The normalized spacial score (nSPS) is 18.2. The van der Waals surface area contributed by atoms with Gasteiger partial charge in [-0.3, -0.25) is 4.79 Å². The van der Waals surface area contributed by atoms with E-state index in [0.717, 1.165) is 0 Å². The summed E-state index contributed by atoms with van der Waals surface area (Å²) in [4.78, 5) is 25.4. The first-order valence-electron chi connectivity index (χ1n) is 6.03.